The van der Waals surface area contributed by atoms with Crippen molar-refractivity contribution in [3.8, 4) is 0 Å². The lowest BCUT2D eigenvalue weighted by atomic mass is 9.89. The van der Waals surface area contributed by atoms with Gasteiger partial charge in [0.15, 0.2) is 5.69 Å². The van der Waals surface area contributed by atoms with Crippen LogP contribution >= 0.6 is 11.3 Å². The van der Waals surface area contributed by atoms with Crippen LogP contribution in [-0.2, 0) is 11.2 Å². The molecule has 1 aromatic rings. The summed E-state index contributed by atoms with van der Waals surface area (Å²) in [5, 5.41) is 16.6. The number of nitrogens with one attached hydrogen (secondary N) is 2. The van der Waals surface area contributed by atoms with Crippen LogP contribution in [-0.4, -0.2) is 47.4 Å². The lowest BCUT2D eigenvalue weighted by molar-refractivity contribution is -0.00708. The van der Waals surface area contributed by atoms with Crippen molar-refractivity contribution in [1.29, 1.82) is 0 Å². The summed E-state index contributed by atoms with van der Waals surface area (Å²) in [6, 6.07) is -0.0232. The van der Waals surface area contributed by atoms with Gasteiger partial charge in [-0.05, 0) is 19.8 Å². The molecule has 1 saturated carbocycles. The zero-order valence-electron chi connectivity index (χ0n) is 11.8. The Balaban J connectivity index is 1.60. The number of hydrogen-bond donors (Lipinski definition) is 3. The van der Waals surface area contributed by atoms with Crippen LogP contribution in [0.5, 0.6) is 0 Å². The minimum atomic E-state index is -1.03. The van der Waals surface area contributed by atoms with E-state index in [1.54, 1.807) is 0 Å². The van der Waals surface area contributed by atoms with Gasteiger partial charge in [-0.1, -0.05) is 0 Å². The second kappa shape index (κ2) is 7.37. The van der Waals surface area contributed by atoms with E-state index in [9.17, 15) is 9.59 Å². The number of carboxylic acids is 1. The summed E-state index contributed by atoms with van der Waals surface area (Å²) in [5.74, 6) is -1.03. The number of aromatic nitrogens is 1. The third-order valence-electron chi connectivity index (χ3n) is 3.23. The molecule has 0 saturated heterocycles. The Morgan fingerprint density at radius 2 is 2.29 bits per heavy atom. The summed E-state index contributed by atoms with van der Waals surface area (Å²) < 4.78 is 5.42. The number of carbonyl (C=O) groups excluding carboxylic acids is 1. The van der Waals surface area contributed by atoms with E-state index in [1.165, 1.54) is 16.7 Å². The van der Waals surface area contributed by atoms with Gasteiger partial charge in [0.1, 0.15) is 0 Å². The Kier molecular flexibility index (Phi) is 5.51. The SMILES string of the molecule is CCOC1CC(NC(=O)NCCc2nc(C(=O)O)cs2)C1. The Labute approximate surface area is 126 Å². The number of rotatable bonds is 7. The molecule has 0 bridgehead atoms. The summed E-state index contributed by atoms with van der Waals surface area (Å²) in [7, 11) is 0. The molecule has 2 rings (SSSR count). The number of thiazole rings is 1. The van der Waals surface area contributed by atoms with Crippen LogP contribution in [0.25, 0.3) is 0 Å². The summed E-state index contributed by atoms with van der Waals surface area (Å²) in [4.78, 5) is 26.3. The van der Waals surface area contributed by atoms with Gasteiger partial charge < -0.3 is 20.5 Å². The molecule has 8 heteroatoms. The smallest absolute Gasteiger partial charge is 0.355 e. The number of carboxylic acid groups (broad SMARTS) is 1. The highest BCUT2D eigenvalue weighted by atomic mass is 32.1. The summed E-state index contributed by atoms with van der Waals surface area (Å²) >= 11 is 1.28. The number of hydrogen-bond acceptors (Lipinski definition) is 5. The van der Waals surface area contributed by atoms with Crippen molar-refractivity contribution in [3.05, 3.63) is 16.1 Å². The number of amides is 2. The molecule has 0 radical (unpaired) electrons. The zero-order valence-corrected chi connectivity index (χ0v) is 12.6. The van der Waals surface area contributed by atoms with Crippen LogP contribution < -0.4 is 10.6 Å². The van der Waals surface area contributed by atoms with Crippen molar-refractivity contribution < 1.29 is 19.4 Å². The zero-order chi connectivity index (χ0) is 15.2. The predicted molar refractivity (Wildman–Crippen MR) is 77.7 cm³/mol. The van der Waals surface area contributed by atoms with Crippen LogP contribution in [0.4, 0.5) is 4.79 Å². The highest BCUT2D eigenvalue weighted by molar-refractivity contribution is 7.09. The highest BCUT2D eigenvalue weighted by Crippen LogP contribution is 2.22. The molecule has 1 heterocycles. The van der Waals surface area contributed by atoms with Crippen molar-refractivity contribution in [2.24, 2.45) is 0 Å². The van der Waals surface area contributed by atoms with Gasteiger partial charge >= 0.3 is 12.0 Å². The molecule has 0 unspecified atom stereocenters. The van der Waals surface area contributed by atoms with E-state index in [-0.39, 0.29) is 23.9 Å². The molecule has 1 aliphatic rings. The van der Waals surface area contributed by atoms with E-state index >= 15 is 0 Å². The lowest BCUT2D eigenvalue weighted by Crippen LogP contribution is -2.51. The molecule has 1 fully saturated rings. The molecule has 0 aliphatic heterocycles. The van der Waals surface area contributed by atoms with E-state index in [2.05, 4.69) is 15.6 Å². The van der Waals surface area contributed by atoms with Gasteiger partial charge in [0, 0.05) is 31.0 Å². The van der Waals surface area contributed by atoms with Crippen molar-refractivity contribution in [2.45, 2.75) is 38.3 Å². The van der Waals surface area contributed by atoms with E-state index in [4.69, 9.17) is 9.84 Å². The van der Waals surface area contributed by atoms with E-state index < -0.39 is 5.97 Å². The molecular weight excluding hydrogens is 294 g/mol. The number of urea groups is 1. The van der Waals surface area contributed by atoms with Crippen LogP contribution in [0.2, 0.25) is 0 Å². The van der Waals surface area contributed by atoms with Gasteiger partial charge in [0.2, 0.25) is 0 Å². The van der Waals surface area contributed by atoms with Gasteiger partial charge in [-0.3, -0.25) is 0 Å². The van der Waals surface area contributed by atoms with Crippen LogP contribution in [0, 0.1) is 0 Å². The molecule has 1 aromatic heterocycles. The van der Waals surface area contributed by atoms with Gasteiger partial charge in [-0.25, -0.2) is 14.6 Å². The van der Waals surface area contributed by atoms with E-state index in [1.807, 2.05) is 6.92 Å². The standard InChI is InChI=1S/C13H19N3O4S/c1-2-20-9-5-8(6-9)15-13(19)14-4-3-11-16-10(7-21-11)12(17)18/h7-9H,2-6H2,1H3,(H,17,18)(H2,14,15,19). The Morgan fingerprint density at radius 1 is 1.52 bits per heavy atom. The molecule has 0 spiro atoms. The largest absolute Gasteiger partial charge is 0.476 e. The fourth-order valence-electron chi connectivity index (χ4n) is 2.10. The number of carbonyl (C=O) groups is 2. The van der Waals surface area contributed by atoms with Crippen molar-refractivity contribution in [1.82, 2.24) is 15.6 Å². The van der Waals surface area contributed by atoms with E-state index in [0.29, 0.717) is 24.6 Å². The molecule has 0 atom stereocenters. The second-order valence-electron chi connectivity index (χ2n) is 4.83. The van der Waals surface area contributed by atoms with Crippen LogP contribution in [0.1, 0.15) is 35.3 Å². The maximum Gasteiger partial charge on any atom is 0.355 e. The molecule has 116 valence electrons. The van der Waals surface area contributed by atoms with Crippen molar-refractivity contribution in [3.63, 3.8) is 0 Å². The summed E-state index contributed by atoms with van der Waals surface area (Å²) in [6.07, 6.45) is 2.51. The maximum absolute atomic E-state index is 11.6. The Hall–Kier alpha value is -1.67. The third kappa shape index (κ3) is 4.68. The first-order chi connectivity index (χ1) is 10.1. The molecule has 1 aliphatic carbocycles. The number of aromatic carboxylic acids is 1. The first-order valence-electron chi connectivity index (χ1n) is 6.92. The molecule has 7 nitrogen and oxygen atoms in total. The minimum absolute atomic E-state index is 0.0517. The quantitative estimate of drug-likeness (QED) is 0.703. The summed E-state index contributed by atoms with van der Waals surface area (Å²) in [6.45, 7) is 3.09. The molecule has 2 amide bonds. The average Bonchev–Trinajstić information content (AvgIpc) is 2.85. The van der Waals surface area contributed by atoms with Crippen LogP contribution in [0.3, 0.4) is 0 Å². The van der Waals surface area contributed by atoms with Crippen LogP contribution in [0.15, 0.2) is 5.38 Å². The Bertz CT molecular complexity index is 499. The number of nitrogens with zero attached hydrogens (tertiary/aromatic N) is 1. The van der Waals surface area contributed by atoms with Gasteiger partial charge in [-0.15, -0.1) is 11.3 Å². The topological polar surface area (TPSA) is 101 Å². The van der Waals surface area contributed by atoms with Crippen molar-refractivity contribution >= 4 is 23.3 Å². The van der Waals surface area contributed by atoms with Gasteiger partial charge in [0.25, 0.3) is 0 Å². The van der Waals surface area contributed by atoms with E-state index in [0.717, 1.165) is 12.8 Å². The second-order valence-corrected chi connectivity index (χ2v) is 5.77. The Morgan fingerprint density at radius 3 is 2.90 bits per heavy atom. The molecule has 0 aromatic carbocycles. The normalized spacial score (nSPS) is 20.6. The fraction of sp³-hybridized carbons (Fsp3) is 0.615. The highest BCUT2D eigenvalue weighted by Gasteiger charge is 2.30. The minimum Gasteiger partial charge on any atom is -0.476 e. The third-order valence-corrected chi connectivity index (χ3v) is 4.14. The van der Waals surface area contributed by atoms with Crippen molar-refractivity contribution in [2.75, 3.05) is 13.2 Å². The fourth-order valence-corrected chi connectivity index (χ4v) is 2.87. The molecular formula is C13H19N3O4S. The van der Waals surface area contributed by atoms with Gasteiger partial charge in [-0.2, -0.15) is 0 Å². The summed E-state index contributed by atoms with van der Waals surface area (Å²) in [5.41, 5.74) is 0.0517. The predicted octanol–water partition coefficient (Wildman–Crippen LogP) is 1.25. The average molecular weight is 313 g/mol. The first-order valence-corrected chi connectivity index (χ1v) is 7.80. The number of ether oxygens (including phenoxy) is 1. The first kappa shape index (κ1) is 15.7. The maximum atomic E-state index is 11.6. The molecule has 21 heavy (non-hydrogen) atoms. The van der Waals surface area contributed by atoms with Gasteiger partial charge in [0.05, 0.1) is 11.1 Å². The lowest BCUT2D eigenvalue weighted by Gasteiger charge is -2.35. The monoisotopic (exact) mass is 313 g/mol. The molecule has 3 N–H and O–H groups in total.